The Labute approximate surface area is 156 Å². The first-order valence-electron chi connectivity index (χ1n) is 8.53. The van der Waals surface area contributed by atoms with Crippen molar-refractivity contribution in [3.05, 3.63) is 52.8 Å². The second-order valence-electron chi connectivity index (χ2n) is 6.47. The van der Waals surface area contributed by atoms with Gasteiger partial charge in [0, 0.05) is 22.7 Å². The van der Waals surface area contributed by atoms with Crippen LogP contribution < -0.4 is 10.6 Å². The quantitative estimate of drug-likeness (QED) is 0.636. The Balaban J connectivity index is 1.57. The Hall–Kier alpha value is -2.38. The van der Waals surface area contributed by atoms with Gasteiger partial charge in [0.05, 0.1) is 24.4 Å². The van der Waals surface area contributed by atoms with Crippen LogP contribution in [0.4, 0.5) is 0 Å². The molecule has 0 bridgehead atoms. The van der Waals surface area contributed by atoms with Crippen LogP contribution in [0.3, 0.4) is 0 Å². The molecule has 7 nitrogen and oxygen atoms in total. The second-order valence-corrected chi connectivity index (χ2v) is 6.90. The molecule has 1 aliphatic carbocycles. The summed E-state index contributed by atoms with van der Waals surface area (Å²) in [6, 6.07) is 7.93. The van der Waals surface area contributed by atoms with Crippen molar-refractivity contribution in [2.24, 2.45) is 5.92 Å². The Morgan fingerprint density at radius 3 is 2.88 bits per heavy atom. The van der Waals surface area contributed by atoms with Crippen molar-refractivity contribution in [3.8, 4) is 0 Å². The predicted octanol–water partition coefficient (Wildman–Crippen LogP) is 1.64. The van der Waals surface area contributed by atoms with Gasteiger partial charge in [-0.05, 0) is 43.5 Å². The van der Waals surface area contributed by atoms with Crippen LogP contribution in [0, 0.1) is 5.92 Å². The number of nitrogens with one attached hydrogen (secondary N) is 3. The number of nitrogens with zero attached hydrogens (tertiary/aromatic N) is 1. The van der Waals surface area contributed by atoms with E-state index in [4.69, 9.17) is 11.6 Å². The topological polar surface area (TPSA) is 107 Å². The van der Waals surface area contributed by atoms with Crippen LogP contribution in [-0.2, 0) is 11.3 Å². The van der Waals surface area contributed by atoms with Gasteiger partial charge < -0.3 is 15.7 Å². The number of hydrogen-bond donors (Lipinski definition) is 4. The van der Waals surface area contributed by atoms with E-state index in [1.165, 1.54) is 0 Å². The van der Waals surface area contributed by atoms with E-state index in [2.05, 4.69) is 20.8 Å². The number of rotatable bonds is 5. The number of amides is 2. The summed E-state index contributed by atoms with van der Waals surface area (Å²) in [5.74, 6) is -0.658. The molecular formula is C18H21ClN4O3. The lowest BCUT2D eigenvalue weighted by atomic mass is 9.83. The number of benzene rings is 1. The van der Waals surface area contributed by atoms with Crippen molar-refractivity contribution in [2.75, 3.05) is 0 Å². The molecular weight excluding hydrogens is 356 g/mol. The Morgan fingerprint density at radius 1 is 1.31 bits per heavy atom. The average molecular weight is 377 g/mol. The highest BCUT2D eigenvalue weighted by Gasteiger charge is 2.33. The Morgan fingerprint density at radius 2 is 2.15 bits per heavy atom. The first-order chi connectivity index (χ1) is 12.5. The van der Waals surface area contributed by atoms with Crippen LogP contribution in [0.25, 0.3) is 0 Å². The SMILES string of the molecule is O=C(N[C@@H]1C[C@@H](C(=O)NCc2ccn[nH]2)CC[C@H]1O)c1cccc(Cl)c1. The minimum atomic E-state index is -0.671. The minimum absolute atomic E-state index is 0.0893. The smallest absolute Gasteiger partial charge is 0.251 e. The number of aliphatic hydroxyl groups excluding tert-OH is 1. The summed E-state index contributed by atoms with van der Waals surface area (Å²) < 4.78 is 0. The molecule has 0 radical (unpaired) electrons. The zero-order valence-electron chi connectivity index (χ0n) is 14.1. The molecule has 0 unspecified atom stereocenters. The number of aliphatic hydroxyl groups is 1. The van der Waals surface area contributed by atoms with E-state index >= 15 is 0 Å². The van der Waals surface area contributed by atoms with E-state index in [1.807, 2.05) is 0 Å². The molecule has 4 N–H and O–H groups in total. The van der Waals surface area contributed by atoms with E-state index in [1.54, 1.807) is 36.5 Å². The van der Waals surface area contributed by atoms with Gasteiger partial charge in [-0.1, -0.05) is 17.7 Å². The van der Waals surface area contributed by atoms with Gasteiger partial charge in [-0.15, -0.1) is 0 Å². The fraction of sp³-hybridized carbons (Fsp3) is 0.389. The van der Waals surface area contributed by atoms with E-state index < -0.39 is 12.1 Å². The lowest BCUT2D eigenvalue weighted by molar-refractivity contribution is -0.127. The Kier molecular flexibility index (Phi) is 5.90. The average Bonchev–Trinajstić information content (AvgIpc) is 3.15. The molecule has 0 saturated heterocycles. The van der Waals surface area contributed by atoms with Crippen molar-refractivity contribution in [1.29, 1.82) is 0 Å². The van der Waals surface area contributed by atoms with Gasteiger partial charge in [0.2, 0.25) is 5.91 Å². The van der Waals surface area contributed by atoms with Crippen LogP contribution in [0.2, 0.25) is 5.02 Å². The third-order valence-corrected chi connectivity index (χ3v) is 4.83. The largest absolute Gasteiger partial charge is 0.391 e. The van der Waals surface area contributed by atoms with Crippen LogP contribution in [0.5, 0.6) is 0 Å². The molecule has 2 amide bonds. The minimum Gasteiger partial charge on any atom is -0.391 e. The standard InChI is InChI=1S/C18H21ClN4O3/c19-13-3-1-2-11(8-13)18(26)22-15-9-12(4-5-16(15)24)17(25)20-10-14-6-7-21-23-14/h1-3,6-8,12,15-16,24H,4-5,9-10H2,(H,20,25)(H,21,23)(H,22,26)/t12-,15+,16+/m0/s1. The molecule has 1 aromatic carbocycles. The van der Waals surface area contributed by atoms with Gasteiger partial charge in [0.15, 0.2) is 0 Å². The van der Waals surface area contributed by atoms with Crippen molar-refractivity contribution < 1.29 is 14.7 Å². The zero-order chi connectivity index (χ0) is 18.5. The maximum Gasteiger partial charge on any atom is 0.251 e. The molecule has 1 heterocycles. The number of carbonyl (C=O) groups excluding carboxylic acids is 2. The summed E-state index contributed by atoms with van der Waals surface area (Å²) in [4.78, 5) is 24.8. The van der Waals surface area contributed by atoms with Crippen LogP contribution in [0.15, 0.2) is 36.5 Å². The molecule has 1 aliphatic rings. The molecule has 8 heteroatoms. The predicted molar refractivity (Wildman–Crippen MR) is 96.5 cm³/mol. The van der Waals surface area contributed by atoms with Crippen LogP contribution >= 0.6 is 11.6 Å². The van der Waals surface area contributed by atoms with Gasteiger partial charge in [-0.2, -0.15) is 5.10 Å². The van der Waals surface area contributed by atoms with E-state index in [-0.39, 0.29) is 17.7 Å². The molecule has 0 spiro atoms. The molecule has 1 aromatic heterocycles. The summed E-state index contributed by atoms with van der Waals surface area (Å²) in [5, 5.41) is 23.0. The first-order valence-corrected chi connectivity index (χ1v) is 8.91. The Bertz CT molecular complexity index is 766. The summed E-state index contributed by atoms with van der Waals surface area (Å²) in [7, 11) is 0. The van der Waals surface area contributed by atoms with E-state index in [9.17, 15) is 14.7 Å². The summed E-state index contributed by atoms with van der Waals surface area (Å²) >= 11 is 5.91. The lowest BCUT2D eigenvalue weighted by Crippen LogP contribution is -2.49. The van der Waals surface area contributed by atoms with Crippen molar-refractivity contribution >= 4 is 23.4 Å². The van der Waals surface area contributed by atoms with E-state index in [0.717, 1.165) is 5.69 Å². The molecule has 2 aromatic rings. The number of H-pyrrole nitrogens is 1. The third kappa shape index (κ3) is 4.62. The first kappa shape index (κ1) is 18.4. The number of aromatic amines is 1. The van der Waals surface area contributed by atoms with Gasteiger partial charge in [-0.3, -0.25) is 14.7 Å². The highest BCUT2D eigenvalue weighted by atomic mass is 35.5. The van der Waals surface area contributed by atoms with Crippen LogP contribution in [0.1, 0.15) is 35.3 Å². The number of aromatic nitrogens is 2. The summed E-state index contributed by atoms with van der Waals surface area (Å²) in [6.45, 7) is 0.372. The van der Waals surface area contributed by atoms with Gasteiger partial charge in [0.1, 0.15) is 0 Å². The zero-order valence-corrected chi connectivity index (χ0v) is 14.9. The summed E-state index contributed by atoms with van der Waals surface area (Å²) in [5.41, 5.74) is 1.25. The van der Waals surface area contributed by atoms with Gasteiger partial charge in [-0.25, -0.2) is 0 Å². The molecule has 3 atom stereocenters. The fourth-order valence-electron chi connectivity index (χ4n) is 3.14. The highest BCUT2D eigenvalue weighted by molar-refractivity contribution is 6.30. The molecule has 3 rings (SSSR count). The van der Waals surface area contributed by atoms with Gasteiger partial charge in [0.25, 0.3) is 5.91 Å². The second kappa shape index (κ2) is 8.33. The number of carbonyl (C=O) groups is 2. The molecule has 1 fully saturated rings. The molecule has 1 saturated carbocycles. The maximum absolute atomic E-state index is 12.4. The number of halogens is 1. The molecule has 26 heavy (non-hydrogen) atoms. The molecule has 138 valence electrons. The monoisotopic (exact) mass is 376 g/mol. The normalized spacial score (nSPS) is 22.6. The van der Waals surface area contributed by atoms with E-state index in [0.29, 0.717) is 36.4 Å². The lowest BCUT2D eigenvalue weighted by Gasteiger charge is -2.33. The summed E-state index contributed by atoms with van der Waals surface area (Å²) in [6.07, 6.45) is 2.39. The highest BCUT2D eigenvalue weighted by Crippen LogP contribution is 2.25. The number of hydrogen-bond acceptors (Lipinski definition) is 4. The van der Waals surface area contributed by atoms with Gasteiger partial charge >= 0.3 is 0 Å². The maximum atomic E-state index is 12.4. The third-order valence-electron chi connectivity index (χ3n) is 4.60. The van der Waals surface area contributed by atoms with Crippen molar-refractivity contribution in [2.45, 2.75) is 38.0 Å². The van der Waals surface area contributed by atoms with Crippen molar-refractivity contribution in [1.82, 2.24) is 20.8 Å². The molecule has 0 aliphatic heterocycles. The van der Waals surface area contributed by atoms with Crippen LogP contribution in [-0.4, -0.2) is 39.3 Å². The fourth-order valence-corrected chi connectivity index (χ4v) is 3.33. The van der Waals surface area contributed by atoms with Crippen molar-refractivity contribution in [3.63, 3.8) is 0 Å².